The van der Waals surface area contributed by atoms with Gasteiger partial charge in [0.15, 0.2) is 0 Å². The van der Waals surface area contributed by atoms with Gasteiger partial charge in [-0.3, -0.25) is 4.79 Å². The molecule has 134 valence electrons. The van der Waals surface area contributed by atoms with Crippen LogP contribution in [-0.2, 0) is 11.2 Å². The number of hydrogen-bond donors (Lipinski definition) is 0. The standard InChI is InChI=1S/C21H21FN2OS/c22-17-8-2-1-6-15(17)11-12-20(25)24-13-5-7-16(14-24)21-23-18-9-3-4-10-19(18)26-21/h1-4,6,8-10,16H,5,7,11-14H2/t16-/m1/s1. The third-order valence-corrected chi connectivity index (χ3v) is 6.20. The maximum absolute atomic E-state index is 13.7. The van der Waals surface area contributed by atoms with Crippen molar-refractivity contribution in [3.8, 4) is 0 Å². The number of nitrogens with zero attached hydrogens (tertiary/aromatic N) is 2. The van der Waals surface area contributed by atoms with Gasteiger partial charge in [0, 0.05) is 25.4 Å². The first-order valence-electron chi connectivity index (χ1n) is 9.07. The van der Waals surface area contributed by atoms with Gasteiger partial charge in [0.1, 0.15) is 5.82 Å². The summed E-state index contributed by atoms with van der Waals surface area (Å²) in [6.45, 7) is 1.51. The van der Waals surface area contributed by atoms with Crippen molar-refractivity contribution in [2.45, 2.75) is 31.6 Å². The first-order valence-corrected chi connectivity index (χ1v) is 9.89. The summed E-state index contributed by atoms with van der Waals surface area (Å²) in [4.78, 5) is 19.3. The van der Waals surface area contributed by atoms with Gasteiger partial charge < -0.3 is 4.90 Å². The predicted molar refractivity (Wildman–Crippen MR) is 103 cm³/mol. The average Bonchev–Trinajstić information content (AvgIpc) is 3.11. The van der Waals surface area contributed by atoms with E-state index >= 15 is 0 Å². The topological polar surface area (TPSA) is 33.2 Å². The van der Waals surface area contributed by atoms with Crippen LogP contribution in [0, 0.1) is 5.82 Å². The number of piperidine rings is 1. The highest BCUT2D eigenvalue weighted by Gasteiger charge is 2.26. The molecular formula is C21H21FN2OS. The first-order chi connectivity index (χ1) is 12.7. The van der Waals surface area contributed by atoms with E-state index in [1.54, 1.807) is 23.5 Å². The predicted octanol–water partition coefficient (Wildman–Crippen LogP) is 4.77. The van der Waals surface area contributed by atoms with Crippen LogP contribution in [0.15, 0.2) is 48.5 Å². The highest BCUT2D eigenvalue weighted by molar-refractivity contribution is 7.18. The fourth-order valence-corrected chi connectivity index (χ4v) is 4.66. The second kappa shape index (κ2) is 7.54. The smallest absolute Gasteiger partial charge is 0.222 e. The summed E-state index contributed by atoms with van der Waals surface area (Å²) in [5.41, 5.74) is 1.65. The van der Waals surface area contributed by atoms with Gasteiger partial charge in [-0.15, -0.1) is 11.3 Å². The third-order valence-electron chi connectivity index (χ3n) is 5.00. The van der Waals surface area contributed by atoms with Crippen LogP contribution in [0.5, 0.6) is 0 Å². The Kier molecular flexibility index (Phi) is 4.98. The quantitative estimate of drug-likeness (QED) is 0.664. The molecule has 1 fully saturated rings. The summed E-state index contributed by atoms with van der Waals surface area (Å²) in [6, 6.07) is 14.9. The second-order valence-corrected chi connectivity index (χ2v) is 7.85. The Morgan fingerprint density at radius 2 is 2.00 bits per heavy atom. The van der Waals surface area contributed by atoms with E-state index in [0.29, 0.717) is 24.3 Å². The van der Waals surface area contributed by atoms with E-state index in [9.17, 15) is 9.18 Å². The summed E-state index contributed by atoms with van der Waals surface area (Å²) in [6.07, 6.45) is 2.87. The van der Waals surface area contributed by atoms with E-state index in [4.69, 9.17) is 4.98 Å². The number of rotatable bonds is 4. The Labute approximate surface area is 156 Å². The summed E-state index contributed by atoms with van der Waals surface area (Å²) in [5.74, 6) is 0.184. The zero-order valence-electron chi connectivity index (χ0n) is 14.5. The SMILES string of the molecule is O=C(CCc1ccccc1F)N1CCC[C@@H](c2nc3ccccc3s2)C1. The Bertz CT molecular complexity index is 890. The van der Waals surface area contributed by atoms with Crippen molar-refractivity contribution in [3.05, 3.63) is 64.9 Å². The molecule has 3 nitrogen and oxygen atoms in total. The van der Waals surface area contributed by atoms with Crippen molar-refractivity contribution in [1.29, 1.82) is 0 Å². The van der Waals surface area contributed by atoms with Crippen molar-refractivity contribution >= 4 is 27.5 Å². The Balaban J connectivity index is 1.41. The van der Waals surface area contributed by atoms with Gasteiger partial charge in [-0.25, -0.2) is 9.37 Å². The van der Waals surface area contributed by atoms with Crippen LogP contribution in [0.25, 0.3) is 10.2 Å². The number of thiazole rings is 1. The van der Waals surface area contributed by atoms with Gasteiger partial charge in [0.25, 0.3) is 0 Å². The number of fused-ring (bicyclic) bond motifs is 1. The number of aromatic nitrogens is 1. The maximum Gasteiger partial charge on any atom is 0.222 e. The molecule has 2 aromatic carbocycles. The van der Waals surface area contributed by atoms with E-state index in [2.05, 4.69) is 6.07 Å². The Morgan fingerprint density at radius 1 is 1.19 bits per heavy atom. The summed E-state index contributed by atoms with van der Waals surface area (Å²) in [5, 5.41) is 1.12. The molecule has 1 saturated heterocycles. The molecule has 3 aromatic rings. The van der Waals surface area contributed by atoms with Crippen LogP contribution in [0.4, 0.5) is 4.39 Å². The molecule has 0 spiro atoms. The molecule has 1 aliphatic heterocycles. The lowest BCUT2D eigenvalue weighted by atomic mass is 9.98. The zero-order valence-corrected chi connectivity index (χ0v) is 15.3. The van der Waals surface area contributed by atoms with Gasteiger partial charge in [0.2, 0.25) is 5.91 Å². The highest BCUT2D eigenvalue weighted by atomic mass is 32.1. The lowest BCUT2D eigenvalue weighted by molar-refractivity contribution is -0.132. The molecule has 1 atom stereocenters. The number of carbonyl (C=O) groups excluding carboxylic acids is 1. The number of benzene rings is 2. The van der Waals surface area contributed by atoms with Gasteiger partial charge in [0.05, 0.1) is 15.2 Å². The molecule has 0 aliphatic carbocycles. The summed E-state index contributed by atoms with van der Waals surface area (Å²) < 4.78 is 14.9. The van der Waals surface area contributed by atoms with Crippen LogP contribution in [0.2, 0.25) is 0 Å². The van der Waals surface area contributed by atoms with Crippen LogP contribution in [0.1, 0.15) is 35.8 Å². The minimum Gasteiger partial charge on any atom is -0.342 e. The van der Waals surface area contributed by atoms with Crippen LogP contribution < -0.4 is 0 Å². The van der Waals surface area contributed by atoms with Crippen molar-refractivity contribution in [2.75, 3.05) is 13.1 Å². The lowest BCUT2D eigenvalue weighted by Gasteiger charge is -2.32. The molecule has 1 aliphatic rings. The largest absolute Gasteiger partial charge is 0.342 e. The molecule has 26 heavy (non-hydrogen) atoms. The maximum atomic E-state index is 13.7. The summed E-state index contributed by atoms with van der Waals surface area (Å²) >= 11 is 1.73. The number of para-hydroxylation sites is 1. The fourth-order valence-electron chi connectivity index (χ4n) is 3.57. The number of amides is 1. The number of hydrogen-bond acceptors (Lipinski definition) is 3. The van der Waals surface area contributed by atoms with Crippen molar-refractivity contribution in [3.63, 3.8) is 0 Å². The van der Waals surface area contributed by atoms with Gasteiger partial charge in [-0.05, 0) is 43.0 Å². The first kappa shape index (κ1) is 17.2. The molecule has 0 N–H and O–H groups in total. The number of halogens is 1. The van der Waals surface area contributed by atoms with Crippen LogP contribution in [-0.4, -0.2) is 28.9 Å². The zero-order chi connectivity index (χ0) is 17.9. The van der Waals surface area contributed by atoms with Crippen LogP contribution >= 0.6 is 11.3 Å². The van der Waals surface area contributed by atoms with E-state index in [0.717, 1.165) is 36.5 Å². The minimum absolute atomic E-state index is 0.110. The number of aryl methyl sites for hydroxylation is 1. The second-order valence-electron chi connectivity index (χ2n) is 6.79. The average molecular weight is 368 g/mol. The lowest BCUT2D eigenvalue weighted by Crippen LogP contribution is -2.39. The molecule has 0 bridgehead atoms. The monoisotopic (exact) mass is 368 g/mol. The van der Waals surface area contributed by atoms with Crippen LogP contribution in [0.3, 0.4) is 0 Å². The number of carbonyl (C=O) groups is 1. The van der Waals surface area contributed by atoms with Crippen molar-refractivity contribution in [2.24, 2.45) is 0 Å². The normalized spacial score (nSPS) is 17.6. The molecular weight excluding hydrogens is 347 g/mol. The number of likely N-dealkylation sites (tertiary alicyclic amines) is 1. The molecule has 1 amide bonds. The van der Waals surface area contributed by atoms with Gasteiger partial charge in [-0.1, -0.05) is 30.3 Å². The molecule has 5 heteroatoms. The molecule has 4 rings (SSSR count). The Hall–Kier alpha value is -2.27. The van der Waals surface area contributed by atoms with Crippen molar-refractivity contribution in [1.82, 2.24) is 9.88 Å². The van der Waals surface area contributed by atoms with E-state index in [1.807, 2.05) is 29.2 Å². The molecule has 0 saturated carbocycles. The van der Waals surface area contributed by atoms with E-state index in [-0.39, 0.29) is 11.7 Å². The Morgan fingerprint density at radius 3 is 2.85 bits per heavy atom. The van der Waals surface area contributed by atoms with E-state index < -0.39 is 0 Å². The molecule has 2 heterocycles. The summed E-state index contributed by atoms with van der Waals surface area (Å²) in [7, 11) is 0. The van der Waals surface area contributed by atoms with E-state index in [1.165, 1.54) is 10.8 Å². The molecule has 0 radical (unpaired) electrons. The minimum atomic E-state index is -0.230. The molecule has 0 unspecified atom stereocenters. The highest BCUT2D eigenvalue weighted by Crippen LogP contribution is 2.33. The fraction of sp³-hybridized carbons (Fsp3) is 0.333. The van der Waals surface area contributed by atoms with Crippen molar-refractivity contribution < 1.29 is 9.18 Å². The van der Waals surface area contributed by atoms with Gasteiger partial charge in [-0.2, -0.15) is 0 Å². The third kappa shape index (κ3) is 3.63. The van der Waals surface area contributed by atoms with Gasteiger partial charge >= 0.3 is 0 Å². The molecule has 1 aromatic heterocycles.